The molecule has 2 heterocycles. The van der Waals surface area contributed by atoms with Crippen LogP contribution in [0.25, 0.3) is 16.6 Å². The maximum absolute atomic E-state index is 3.49. The fraction of sp³-hybridized carbons (Fsp3) is 0. The van der Waals surface area contributed by atoms with E-state index < -0.39 is 0 Å². The molecule has 3 rings (SSSR count). The highest BCUT2D eigenvalue weighted by molar-refractivity contribution is 9.10. The van der Waals surface area contributed by atoms with Crippen LogP contribution in [0.1, 0.15) is 0 Å². The monoisotopic (exact) mass is 193 g/mol. The Morgan fingerprint density at radius 1 is 1.30 bits per heavy atom. The molecule has 1 nitrogen and oxygen atoms in total. The maximum atomic E-state index is 3.49. The van der Waals surface area contributed by atoms with E-state index in [0.717, 1.165) is 0 Å². The first-order valence-electron chi connectivity index (χ1n) is 3.18. The first-order chi connectivity index (χ1) is 4.88. The van der Waals surface area contributed by atoms with Crippen molar-refractivity contribution in [2.75, 3.05) is 0 Å². The van der Waals surface area contributed by atoms with Crippen LogP contribution in [-0.2, 0) is 0 Å². The number of halogens is 1. The minimum atomic E-state index is 1.20. The lowest BCUT2D eigenvalue weighted by atomic mass is 10.2. The van der Waals surface area contributed by atoms with Gasteiger partial charge in [-0.1, -0.05) is 12.1 Å². The Kier molecular flexibility index (Phi) is 0.645. The summed E-state index contributed by atoms with van der Waals surface area (Å²) in [5.41, 5.74) is 2.72. The van der Waals surface area contributed by atoms with Crippen molar-refractivity contribution >= 4 is 26.8 Å². The summed E-state index contributed by atoms with van der Waals surface area (Å²) in [4.78, 5) is 0. The van der Waals surface area contributed by atoms with Gasteiger partial charge < -0.3 is 4.57 Å². The van der Waals surface area contributed by atoms with Gasteiger partial charge in [-0.05, 0) is 22.0 Å². The topological polar surface area (TPSA) is 4.93 Å². The first kappa shape index (κ1) is 4.97. The van der Waals surface area contributed by atoms with E-state index >= 15 is 0 Å². The largest absolute Gasteiger partial charge is 0.311 e. The van der Waals surface area contributed by atoms with Crippen LogP contribution in [0, 0.1) is 0 Å². The third kappa shape index (κ3) is 0.380. The van der Waals surface area contributed by atoms with E-state index in [1.165, 1.54) is 21.1 Å². The molecule has 0 aromatic heterocycles. The van der Waals surface area contributed by atoms with E-state index in [-0.39, 0.29) is 0 Å². The molecule has 2 aliphatic rings. The summed E-state index contributed by atoms with van der Waals surface area (Å²) in [5.74, 6) is 0. The van der Waals surface area contributed by atoms with Gasteiger partial charge in [-0.2, -0.15) is 0 Å². The molecule has 2 heteroatoms. The predicted octanol–water partition coefficient (Wildman–Crippen LogP) is 2.71. The van der Waals surface area contributed by atoms with Gasteiger partial charge in [-0.25, -0.2) is 0 Å². The van der Waals surface area contributed by atoms with Crippen molar-refractivity contribution in [2.24, 2.45) is 0 Å². The quantitative estimate of drug-likeness (QED) is 0.518. The van der Waals surface area contributed by atoms with Gasteiger partial charge >= 0.3 is 0 Å². The van der Waals surface area contributed by atoms with Crippen molar-refractivity contribution in [3.05, 3.63) is 28.9 Å². The minimum Gasteiger partial charge on any atom is -0.311 e. The molecule has 10 heavy (non-hydrogen) atoms. The van der Waals surface area contributed by atoms with Crippen molar-refractivity contribution in [3.63, 3.8) is 0 Å². The lowest BCUT2D eigenvalue weighted by Gasteiger charge is -2.05. The molecule has 0 amide bonds. The van der Waals surface area contributed by atoms with Gasteiger partial charge in [0.25, 0.3) is 0 Å². The zero-order valence-electron chi connectivity index (χ0n) is 5.13. The van der Waals surface area contributed by atoms with Crippen molar-refractivity contribution in [1.29, 1.82) is 0 Å². The van der Waals surface area contributed by atoms with Gasteiger partial charge in [0.2, 0.25) is 0 Å². The molecule has 0 atom stereocenters. The van der Waals surface area contributed by atoms with E-state index in [0.29, 0.717) is 0 Å². The molecule has 0 N–H and O–H groups in total. The molecule has 0 radical (unpaired) electrons. The summed E-state index contributed by atoms with van der Waals surface area (Å²) in [6.45, 7) is 0. The smallest absolute Gasteiger partial charge is 0.0717 e. The van der Waals surface area contributed by atoms with Gasteiger partial charge in [-0.3, -0.25) is 0 Å². The molecule has 2 aliphatic heterocycles. The normalized spacial score (nSPS) is 12.5. The third-order valence-corrected chi connectivity index (χ3v) is 2.59. The van der Waals surface area contributed by atoms with Crippen molar-refractivity contribution in [1.82, 2.24) is 4.57 Å². The number of fused-ring (bicyclic) bond motifs is 4. The SMILES string of the molecule is Brc1cccc2c3cn-3c12. The molecule has 0 unspecified atom stereocenters. The van der Waals surface area contributed by atoms with Crippen LogP contribution in [0.2, 0.25) is 0 Å². The van der Waals surface area contributed by atoms with Gasteiger partial charge in [0.15, 0.2) is 0 Å². The maximum Gasteiger partial charge on any atom is 0.0717 e. The highest BCUT2D eigenvalue weighted by Crippen LogP contribution is 2.42. The Hall–Kier alpha value is -0.760. The molecular weight excluding hydrogens is 190 g/mol. The zero-order valence-corrected chi connectivity index (χ0v) is 6.72. The van der Waals surface area contributed by atoms with Gasteiger partial charge in [0.05, 0.1) is 11.2 Å². The van der Waals surface area contributed by atoms with E-state index in [2.05, 4.69) is 44.9 Å². The van der Waals surface area contributed by atoms with E-state index in [1.54, 1.807) is 0 Å². The van der Waals surface area contributed by atoms with Crippen molar-refractivity contribution in [3.8, 4) is 5.69 Å². The Morgan fingerprint density at radius 2 is 2.20 bits per heavy atom. The number of hydrogen-bond acceptors (Lipinski definition) is 0. The Balaban J connectivity index is 2.63. The molecule has 48 valence electrons. The van der Waals surface area contributed by atoms with Crippen LogP contribution in [0.5, 0.6) is 0 Å². The number of benzene rings is 1. The van der Waals surface area contributed by atoms with Crippen LogP contribution in [0.3, 0.4) is 0 Å². The van der Waals surface area contributed by atoms with Crippen molar-refractivity contribution < 1.29 is 0 Å². The Morgan fingerprint density at radius 3 is 3.00 bits per heavy atom. The highest BCUT2D eigenvalue weighted by atomic mass is 79.9. The highest BCUT2D eigenvalue weighted by Gasteiger charge is 2.23. The average molecular weight is 194 g/mol. The summed E-state index contributed by atoms with van der Waals surface area (Å²) < 4.78 is 3.39. The lowest BCUT2D eigenvalue weighted by molar-refractivity contribution is 1.29. The molecule has 0 aliphatic carbocycles. The molecule has 0 fully saturated rings. The van der Waals surface area contributed by atoms with Crippen LogP contribution in [0.15, 0.2) is 28.9 Å². The van der Waals surface area contributed by atoms with Crippen LogP contribution in [-0.4, -0.2) is 4.57 Å². The minimum absolute atomic E-state index is 1.20. The van der Waals surface area contributed by atoms with Crippen LogP contribution in [0.4, 0.5) is 0 Å². The second-order valence-electron chi connectivity index (χ2n) is 2.52. The second kappa shape index (κ2) is 1.30. The predicted molar refractivity (Wildman–Crippen MR) is 44.5 cm³/mol. The van der Waals surface area contributed by atoms with Gasteiger partial charge in [0, 0.05) is 16.1 Å². The molecule has 0 spiro atoms. The van der Waals surface area contributed by atoms with Crippen molar-refractivity contribution in [2.45, 2.75) is 0 Å². The zero-order chi connectivity index (χ0) is 6.72. The number of aromatic nitrogens is 1. The number of nitrogens with zero attached hydrogens (tertiary/aromatic N) is 1. The summed E-state index contributed by atoms with van der Waals surface area (Å²) in [6, 6.07) is 6.29. The molecule has 0 bridgehead atoms. The summed E-state index contributed by atoms with van der Waals surface area (Å²) in [7, 11) is 0. The molecule has 0 saturated carbocycles. The molecule has 1 aromatic rings. The average Bonchev–Trinajstić information content (AvgIpc) is 2.57. The lowest BCUT2D eigenvalue weighted by Crippen LogP contribution is -1.87. The van der Waals surface area contributed by atoms with Crippen LogP contribution >= 0.6 is 15.9 Å². The summed E-state index contributed by atoms with van der Waals surface area (Å²) in [6.07, 6.45) is 2.15. The van der Waals surface area contributed by atoms with E-state index in [1.807, 2.05) is 0 Å². The number of hydrogen-bond donors (Lipinski definition) is 0. The Bertz CT molecular complexity index is 428. The molecule has 1 aromatic carbocycles. The number of para-hydroxylation sites is 1. The van der Waals surface area contributed by atoms with Gasteiger partial charge in [0.1, 0.15) is 0 Å². The summed E-state index contributed by atoms with van der Waals surface area (Å²) >= 11 is 3.49. The molecule has 0 saturated heterocycles. The third-order valence-electron chi connectivity index (χ3n) is 1.95. The fourth-order valence-corrected chi connectivity index (χ4v) is 1.95. The first-order valence-corrected chi connectivity index (χ1v) is 3.97. The van der Waals surface area contributed by atoms with E-state index in [4.69, 9.17) is 0 Å². The number of rotatable bonds is 0. The van der Waals surface area contributed by atoms with Gasteiger partial charge in [-0.15, -0.1) is 0 Å². The molecular formula is C8H4BrN. The standard InChI is InChI=1S/C8H4BrN/c9-6-3-1-2-5-7-4-10(7)8(5)6/h1-4H. The Labute approximate surface area is 66.4 Å². The van der Waals surface area contributed by atoms with E-state index in [9.17, 15) is 0 Å². The second-order valence-corrected chi connectivity index (χ2v) is 3.37. The summed E-state index contributed by atoms with van der Waals surface area (Å²) in [5, 5.41) is 1.38. The van der Waals surface area contributed by atoms with Crippen LogP contribution < -0.4 is 0 Å². The fourth-order valence-electron chi connectivity index (χ4n) is 1.39.